The Balaban J connectivity index is 1.60. The van der Waals surface area contributed by atoms with Gasteiger partial charge in [-0.2, -0.15) is 13.2 Å². The summed E-state index contributed by atoms with van der Waals surface area (Å²) >= 11 is 5.93. The summed E-state index contributed by atoms with van der Waals surface area (Å²) in [5.41, 5.74) is 5.98. The van der Waals surface area contributed by atoms with Crippen molar-refractivity contribution in [2.45, 2.75) is 81.8 Å². The molecule has 3 fully saturated rings. The van der Waals surface area contributed by atoms with Gasteiger partial charge in [0.25, 0.3) is 0 Å². The molecule has 0 radical (unpaired) electrons. The Morgan fingerprint density at radius 3 is 2.67 bits per heavy atom. The lowest BCUT2D eigenvalue weighted by atomic mass is 9.78. The lowest BCUT2D eigenvalue weighted by Crippen LogP contribution is -2.54. The van der Waals surface area contributed by atoms with Crippen molar-refractivity contribution in [3.05, 3.63) is 0 Å². The van der Waals surface area contributed by atoms with Crippen LogP contribution in [0, 0.1) is 17.8 Å². The van der Waals surface area contributed by atoms with Crippen molar-refractivity contribution in [3.63, 3.8) is 0 Å². The van der Waals surface area contributed by atoms with Crippen LogP contribution in [0.3, 0.4) is 0 Å². The number of aliphatic imine (C=N–C) groups is 1. The number of carbonyl (C=O) groups is 1. The van der Waals surface area contributed by atoms with Gasteiger partial charge in [0, 0.05) is 37.6 Å². The van der Waals surface area contributed by atoms with Gasteiger partial charge in [-0.15, -0.1) is 11.6 Å². The molecule has 7 nitrogen and oxygen atoms in total. The zero-order valence-electron chi connectivity index (χ0n) is 18.8. The number of fused-ring (bicyclic) bond motifs is 1. The second-order valence-corrected chi connectivity index (χ2v) is 9.61. The molecule has 1 aliphatic heterocycles. The summed E-state index contributed by atoms with van der Waals surface area (Å²) in [6, 6.07) is -0.330. The monoisotopic (exact) mass is 499 g/mol. The standard InChI is InChI=1S/C21H34ClF4N5O2/c1-2-33-9-3-8-27-20(29-19(32)12-4-7-15(22)16(23)10-12)28-18-14-6-5-13(21(24,25)26)11-17(14)30-31-18/h12-18,30-31H,2-11H2,1H3,(H2,27,28,29,32). The third-order valence-electron chi connectivity index (χ3n) is 6.74. The van der Waals surface area contributed by atoms with E-state index in [9.17, 15) is 22.4 Å². The lowest BCUT2D eigenvalue weighted by molar-refractivity contribution is -0.185. The van der Waals surface area contributed by atoms with E-state index in [0.717, 1.165) is 0 Å². The predicted molar refractivity (Wildman–Crippen MR) is 117 cm³/mol. The average Bonchev–Trinajstić information content (AvgIpc) is 3.16. The van der Waals surface area contributed by atoms with Crippen LogP contribution in [0.5, 0.6) is 0 Å². The van der Waals surface area contributed by atoms with Gasteiger partial charge >= 0.3 is 6.18 Å². The Hall–Kier alpha value is -1.17. The Morgan fingerprint density at radius 2 is 1.97 bits per heavy atom. The molecule has 0 aromatic carbocycles. The molecule has 3 rings (SSSR count). The van der Waals surface area contributed by atoms with E-state index >= 15 is 0 Å². The number of rotatable bonds is 7. The Kier molecular flexibility index (Phi) is 9.61. The van der Waals surface area contributed by atoms with Crippen LogP contribution >= 0.6 is 11.6 Å². The van der Waals surface area contributed by atoms with Gasteiger partial charge in [0.15, 0.2) is 5.96 Å². The molecule has 1 saturated heterocycles. The van der Waals surface area contributed by atoms with Crippen LogP contribution in [0.1, 0.15) is 51.9 Å². The summed E-state index contributed by atoms with van der Waals surface area (Å²) in [4.78, 5) is 17.2. The zero-order valence-corrected chi connectivity index (χ0v) is 19.5. The third-order valence-corrected chi connectivity index (χ3v) is 7.23. The van der Waals surface area contributed by atoms with E-state index in [4.69, 9.17) is 16.3 Å². The van der Waals surface area contributed by atoms with Gasteiger partial charge in [-0.1, -0.05) is 0 Å². The summed E-state index contributed by atoms with van der Waals surface area (Å²) in [5, 5.41) is 5.35. The first kappa shape index (κ1) is 26.4. The maximum absolute atomic E-state index is 14.0. The number of hydrogen-bond donors (Lipinski definition) is 4. The van der Waals surface area contributed by atoms with E-state index in [0.29, 0.717) is 45.4 Å². The van der Waals surface area contributed by atoms with Crippen molar-refractivity contribution >= 4 is 23.5 Å². The van der Waals surface area contributed by atoms with Crippen molar-refractivity contribution in [1.82, 2.24) is 21.5 Å². The average molecular weight is 500 g/mol. The van der Waals surface area contributed by atoms with Crippen LogP contribution in [0.25, 0.3) is 0 Å². The van der Waals surface area contributed by atoms with Gasteiger partial charge < -0.3 is 10.1 Å². The van der Waals surface area contributed by atoms with Gasteiger partial charge in [-0.3, -0.25) is 20.5 Å². The summed E-state index contributed by atoms with van der Waals surface area (Å²) in [6.07, 6.45) is -3.73. The topological polar surface area (TPSA) is 86.8 Å². The minimum Gasteiger partial charge on any atom is -0.382 e. The molecule has 0 spiro atoms. The van der Waals surface area contributed by atoms with Gasteiger partial charge in [0.1, 0.15) is 6.17 Å². The highest BCUT2D eigenvalue weighted by molar-refractivity contribution is 6.21. The van der Waals surface area contributed by atoms with Crippen LogP contribution in [-0.2, 0) is 9.53 Å². The number of ether oxygens (including phenoxy) is 1. The first-order valence-electron chi connectivity index (χ1n) is 11.7. The molecule has 7 atom stereocenters. The van der Waals surface area contributed by atoms with Crippen molar-refractivity contribution in [2.24, 2.45) is 22.7 Å². The smallest absolute Gasteiger partial charge is 0.382 e. The van der Waals surface area contributed by atoms with Gasteiger partial charge in [-0.05, 0) is 51.9 Å². The van der Waals surface area contributed by atoms with E-state index < -0.39 is 29.6 Å². The van der Waals surface area contributed by atoms with E-state index in [1.54, 1.807) is 0 Å². The molecule has 4 N–H and O–H groups in total. The Labute approximate surface area is 196 Å². The van der Waals surface area contributed by atoms with E-state index in [1.807, 2.05) is 6.92 Å². The van der Waals surface area contributed by atoms with E-state index in [-0.39, 0.29) is 49.3 Å². The van der Waals surface area contributed by atoms with E-state index in [2.05, 4.69) is 26.5 Å². The fourth-order valence-electron chi connectivity index (χ4n) is 4.81. The molecule has 33 heavy (non-hydrogen) atoms. The van der Waals surface area contributed by atoms with Crippen molar-refractivity contribution in [2.75, 3.05) is 19.8 Å². The van der Waals surface area contributed by atoms with Crippen molar-refractivity contribution in [3.8, 4) is 0 Å². The fraction of sp³-hybridized carbons (Fsp3) is 0.905. The SMILES string of the molecule is CCOCCCN=C(NC(=O)C1CCC(Cl)C(F)C1)NC1NNC2CC(C(F)(F)F)CCC21. The van der Waals surface area contributed by atoms with Crippen LogP contribution in [0.4, 0.5) is 17.6 Å². The zero-order chi connectivity index (χ0) is 24.0. The summed E-state index contributed by atoms with van der Waals surface area (Å²) in [5.74, 6) is -2.01. The number of nitrogens with zero attached hydrogens (tertiary/aromatic N) is 1. The highest BCUT2D eigenvalue weighted by Crippen LogP contribution is 2.41. The van der Waals surface area contributed by atoms with Crippen LogP contribution in [0.2, 0.25) is 0 Å². The molecule has 2 aliphatic carbocycles. The number of halogens is 5. The summed E-state index contributed by atoms with van der Waals surface area (Å²) in [7, 11) is 0. The summed E-state index contributed by atoms with van der Waals surface area (Å²) < 4.78 is 58.7. The maximum Gasteiger partial charge on any atom is 0.391 e. The molecule has 2 saturated carbocycles. The number of guanidine groups is 1. The highest BCUT2D eigenvalue weighted by atomic mass is 35.5. The molecule has 7 unspecified atom stereocenters. The van der Waals surface area contributed by atoms with Gasteiger partial charge in [0.2, 0.25) is 5.91 Å². The molecular weight excluding hydrogens is 466 g/mol. The number of hydrazine groups is 1. The second kappa shape index (κ2) is 12.0. The number of nitrogens with one attached hydrogen (secondary N) is 4. The Morgan fingerprint density at radius 1 is 1.18 bits per heavy atom. The molecular formula is C21H34ClF4N5O2. The largest absolute Gasteiger partial charge is 0.391 e. The summed E-state index contributed by atoms with van der Waals surface area (Å²) in [6.45, 7) is 3.41. The van der Waals surface area contributed by atoms with Crippen molar-refractivity contribution in [1.29, 1.82) is 0 Å². The first-order valence-corrected chi connectivity index (χ1v) is 12.2. The van der Waals surface area contributed by atoms with Crippen LogP contribution in [-0.4, -0.2) is 61.6 Å². The van der Waals surface area contributed by atoms with Gasteiger partial charge in [-0.25, -0.2) is 9.82 Å². The highest BCUT2D eigenvalue weighted by Gasteiger charge is 2.48. The van der Waals surface area contributed by atoms with Crippen LogP contribution in [0.15, 0.2) is 4.99 Å². The predicted octanol–water partition coefficient (Wildman–Crippen LogP) is 3.00. The minimum atomic E-state index is -4.20. The van der Waals surface area contributed by atoms with E-state index in [1.165, 1.54) is 0 Å². The molecule has 12 heteroatoms. The third kappa shape index (κ3) is 7.40. The first-order chi connectivity index (χ1) is 15.7. The fourth-order valence-corrected chi connectivity index (χ4v) is 5.04. The molecule has 1 amide bonds. The molecule has 3 aliphatic rings. The maximum atomic E-state index is 14.0. The van der Waals surface area contributed by atoms with Gasteiger partial charge in [0.05, 0.1) is 17.5 Å². The molecule has 0 bridgehead atoms. The normalized spacial score (nSPS) is 35.2. The molecule has 190 valence electrons. The Bertz CT molecular complexity index is 684. The number of hydrogen-bond acceptors (Lipinski definition) is 5. The molecule has 1 heterocycles. The number of alkyl halides is 5. The minimum absolute atomic E-state index is 0.00605. The number of amides is 1. The molecule has 0 aromatic rings. The quantitative estimate of drug-likeness (QED) is 0.142. The second-order valence-electron chi connectivity index (χ2n) is 9.04. The number of carbonyl (C=O) groups excluding carboxylic acids is 1. The van der Waals surface area contributed by atoms with Crippen molar-refractivity contribution < 1.29 is 27.1 Å². The van der Waals surface area contributed by atoms with Crippen LogP contribution < -0.4 is 21.5 Å². The lowest BCUT2D eigenvalue weighted by Gasteiger charge is -2.34. The molecule has 0 aromatic heterocycles.